The summed E-state index contributed by atoms with van der Waals surface area (Å²) in [6, 6.07) is 14.2. The van der Waals surface area contributed by atoms with Gasteiger partial charge in [0.2, 0.25) is 12.7 Å². The van der Waals surface area contributed by atoms with Crippen LogP contribution in [0.5, 0.6) is 11.5 Å². The molecule has 0 spiro atoms. The molecule has 3 aromatic rings. The number of ether oxygens (including phenoxy) is 2. The van der Waals surface area contributed by atoms with E-state index in [1.807, 2.05) is 31.2 Å². The van der Waals surface area contributed by atoms with Crippen LogP contribution in [0.2, 0.25) is 0 Å². The molecule has 2 aromatic carbocycles. The van der Waals surface area contributed by atoms with Crippen LogP contribution in [-0.2, 0) is 6.54 Å². The summed E-state index contributed by atoms with van der Waals surface area (Å²) in [4.78, 5) is 9.08. The number of anilines is 3. The van der Waals surface area contributed by atoms with E-state index >= 15 is 0 Å². The van der Waals surface area contributed by atoms with Gasteiger partial charge < -0.3 is 20.1 Å². The predicted molar refractivity (Wildman–Crippen MR) is 106 cm³/mol. The highest BCUT2D eigenvalue weighted by atomic mass is 16.7. The summed E-state index contributed by atoms with van der Waals surface area (Å²) < 4.78 is 10.8. The lowest BCUT2D eigenvalue weighted by atomic mass is 10.1. The molecule has 0 aliphatic carbocycles. The van der Waals surface area contributed by atoms with Crippen LogP contribution >= 0.6 is 0 Å². The van der Waals surface area contributed by atoms with Crippen LogP contribution in [0, 0.1) is 20.8 Å². The first kappa shape index (κ1) is 17.1. The van der Waals surface area contributed by atoms with Gasteiger partial charge in [-0.25, -0.2) is 4.98 Å². The van der Waals surface area contributed by atoms with E-state index in [1.54, 1.807) is 0 Å². The van der Waals surface area contributed by atoms with Crippen molar-refractivity contribution in [3.8, 4) is 11.5 Å². The number of nitrogens with zero attached hydrogens (tertiary/aromatic N) is 2. The molecule has 0 radical (unpaired) electrons. The van der Waals surface area contributed by atoms with Crippen molar-refractivity contribution in [2.75, 3.05) is 17.4 Å². The summed E-state index contributed by atoms with van der Waals surface area (Å²) in [7, 11) is 0. The highest BCUT2D eigenvalue weighted by Gasteiger charge is 2.13. The van der Waals surface area contributed by atoms with E-state index < -0.39 is 0 Å². The van der Waals surface area contributed by atoms with Crippen molar-refractivity contribution in [2.45, 2.75) is 27.3 Å². The summed E-state index contributed by atoms with van der Waals surface area (Å²) >= 11 is 0. The highest BCUT2D eigenvalue weighted by Crippen LogP contribution is 2.32. The van der Waals surface area contributed by atoms with Crippen molar-refractivity contribution in [3.63, 3.8) is 0 Å². The first-order valence-corrected chi connectivity index (χ1v) is 8.88. The molecule has 1 aliphatic rings. The number of aryl methyl sites for hydroxylation is 3. The number of hydrogen-bond donors (Lipinski definition) is 2. The fraction of sp³-hybridized carbons (Fsp3) is 0.238. The smallest absolute Gasteiger partial charge is 0.231 e. The zero-order valence-electron chi connectivity index (χ0n) is 15.7. The first-order chi connectivity index (χ1) is 13.0. The van der Waals surface area contributed by atoms with Gasteiger partial charge in [0.1, 0.15) is 5.82 Å². The molecule has 6 nitrogen and oxygen atoms in total. The fourth-order valence-electron chi connectivity index (χ4n) is 3.13. The number of benzene rings is 2. The third kappa shape index (κ3) is 4.11. The van der Waals surface area contributed by atoms with E-state index in [0.29, 0.717) is 12.5 Å². The van der Waals surface area contributed by atoms with Crippen molar-refractivity contribution in [2.24, 2.45) is 0 Å². The molecule has 0 bridgehead atoms. The van der Waals surface area contributed by atoms with E-state index in [4.69, 9.17) is 9.47 Å². The molecule has 6 heteroatoms. The van der Waals surface area contributed by atoms with Crippen molar-refractivity contribution in [1.82, 2.24) is 9.97 Å². The maximum atomic E-state index is 5.43. The van der Waals surface area contributed by atoms with Crippen LogP contribution in [0.15, 0.2) is 42.5 Å². The number of fused-ring (bicyclic) bond motifs is 1. The van der Waals surface area contributed by atoms with Gasteiger partial charge in [0.15, 0.2) is 11.5 Å². The lowest BCUT2D eigenvalue weighted by Gasteiger charge is -2.11. The van der Waals surface area contributed by atoms with Crippen LogP contribution in [0.25, 0.3) is 0 Å². The van der Waals surface area contributed by atoms with Gasteiger partial charge in [-0.1, -0.05) is 12.1 Å². The van der Waals surface area contributed by atoms with Gasteiger partial charge in [0.25, 0.3) is 0 Å². The second-order valence-corrected chi connectivity index (χ2v) is 6.76. The van der Waals surface area contributed by atoms with Gasteiger partial charge in [-0.3, -0.25) is 0 Å². The van der Waals surface area contributed by atoms with Crippen LogP contribution in [0.3, 0.4) is 0 Å². The Balaban J connectivity index is 1.48. The summed E-state index contributed by atoms with van der Waals surface area (Å²) in [5.41, 5.74) is 5.38. The predicted octanol–water partition coefficient (Wildman–Crippen LogP) is 4.49. The average Bonchev–Trinajstić information content (AvgIpc) is 3.06. The molecule has 0 amide bonds. The van der Waals surface area contributed by atoms with Crippen molar-refractivity contribution >= 4 is 17.5 Å². The molecular formula is C21H22N4O2. The maximum Gasteiger partial charge on any atom is 0.231 e. The minimum absolute atomic E-state index is 0.283. The van der Waals surface area contributed by atoms with Crippen LogP contribution in [0.4, 0.5) is 17.5 Å². The van der Waals surface area contributed by atoms with Gasteiger partial charge >= 0.3 is 0 Å². The lowest BCUT2D eigenvalue weighted by Crippen LogP contribution is -2.06. The number of hydrogen-bond acceptors (Lipinski definition) is 6. The molecule has 4 rings (SSSR count). The third-order valence-electron chi connectivity index (χ3n) is 4.24. The highest BCUT2D eigenvalue weighted by molar-refractivity contribution is 5.57. The summed E-state index contributed by atoms with van der Waals surface area (Å²) in [6.07, 6.45) is 0. The Morgan fingerprint density at radius 1 is 0.889 bits per heavy atom. The SMILES string of the molecule is Cc1cc(C)cc(Nc2nc(C)cc(NCc3ccc4c(c3)OCO4)n2)c1. The molecular weight excluding hydrogens is 340 g/mol. The first-order valence-electron chi connectivity index (χ1n) is 8.88. The average molecular weight is 362 g/mol. The van der Waals surface area contributed by atoms with Gasteiger partial charge in [0, 0.05) is 24.0 Å². The quantitative estimate of drug-likeness (QED) is 0.697. The monoisotopic (exact) mass is 362 g/mol. The molecule has 1 aliphatic heterocycles. The topological polar surface area (TPSA) is 68.3 Å². The zero-order chi connectivity index (χ0) is 18.8. The van der Waals surface area contributed by atoms with Crippen molar-refractivity contribution in [3.05, 3.63) is 64.8 Å². The molecule has 0 atom stereocenters. The second kappa shape index (κ2) is 7.15. The molecule has 0 fully saturated rings. The van der Waals surface area contributed by atoms with Gasteiger partial charge in [-0.2, -0.15) is 4.98 Å². The number of aromatic nitrogens is 2. The number of nitrogens with one attached hydrogen (secondary N) is 2. The van der Waals surface area contributed by atoms with Gasteiger partial charge in [-0.15, -0.1) is 0 Å². The minimum Gasteiger partial charge on any atom is -0.454 e. The summed E-state index contributed by atoms with van der Waals surface area (Å²) in [5.74, 6) is 2.92. The van der Waals surface area contributed by atoms with E-state index in [0.717, 1.165) is 34.3 Å². The van der Waals surface area contributed by atoms with Crippen LogP contribution < -0.4 is 20.1 Å². The fourth-order valence-corrected chi connectivity index (χ4v) is 3.13. The van der Waals surface area contributed by atoms with E-state index in [2.05, 4.69) is 52.6 Å². The van der Waals surface area contributed by atoms with E-state index in [1.165, 1.54) is 11.1 Å². The lowest BCUT2D eigenvalue weighted by molar-refractivity contribution is 0.174. The van der Waals surface area contributed by atoms with Gasteiger partial charge in [-0.05, 0) is 61.7 Å². The second-order valence-electron chi connectivity index (χ2n) is 6.76. The molecule has 0 saturated carbocycles. The molecule has 27 heavy (non-hydrogen) atoms. The summed E-state index contributed by atoms with van der Waals surface area (Å²) in [5, 5.41) is 6.65. The van der Waals surface area contributed by atoms with Crippen molar-refractivity contribution < 1.29 is 9.47 Å². The minimum atomic E-state index is 0.283. The van der Waals surface area contributed by atoms with Crippen LogP contribution in [-0.4, -0.2) is 16.8 Å². The molecule has 0 unspecified atom stereocenters. The summed E-state index contributed by atoms with van der Waals surface area (Å²) in [6.45, 7) is 7.03. The Kier molecular flexibility index (Phi) is 4.54. The van der Waals surface area contributed by atoms with Crippen molar-refractivity contribution in [1.29, 1.82) is 0 Å². The van der Waals surface area contributed by atoms with E-state index in [-0.39, 0.29) is 6.79 Å². The Labute approximate surface area is 158 Å². The molecule has 138 valence electrons. The Morgan fingerprint density at radius 2 is 1.67 bits per heavy atom. The molecule has 2 N–H and O–H groups in total. The largest absolute Gasteiger partial charge is 0.454 e. The molecule has 2 heterocycles. The maximum absolute atomic E-state index is 5.43. The Bertz CT molecular complexity index is 968. The normalized spacial score (nSPS) is 12.1. The Hall–Kier alpha value is -3.28. The molecule has 1 aromatic heterocycles. The Morgan fingerprint density at radius 3 is 2.48 bits per heavy atom. The molecule has 0 saturated heterocycles. The third-order valence-corrected chi connectivity index (χ3v) is 4.24. The van der Waals surface area contributed by atoms with Gasteiger partial charge in [0.05, 0.1) is 0 Å². The van der Waals surface area contributed by atoms with E-state index in [9.17, 15) is 0 Å². The standard InChI is InChI=1S/C21H22N4O2/c1-13-6-14(2)8-17(7-13)24-21-23-15(3)9-20(25-21)22-11-16-4-5-18-19(10-16)27-12-26-18/h4-10H,11-12H2,1-3H3,(H2,22,23,24,25). The van der Waals surface area contributed by atoms with Crippen LogP contribution in [0.1, 0.15) is 22.4 Å². The zero-order valence-corrected chi connectivity index (χ0v) is 15.7. The number of rotatable bonds is 5.